The molecule has 7 nitrogen and oxygen atoms in total. The second-order valence-corrected chi connectivity index (χ2v) is 7.45. The maximum atomic E-state index is 12.1. The lowest BCUT2D eigenvalue weighted by molar-refractivity contribution is 0.134. The van der Waals surface area contributed by atoms with E-state index >= 15 is 0 Å². The number of carbonyl (C=O) groups is 1. The molecule has 0 saturated carbocycles. The summed E-state index contributed by atoms with van der Waals surface area (Å²) in [6, 6.07) is 14.3. The Morgan fingerprint density at radius 3 is 2.93 bits per heavy atom. The molecule has 1 saturated heterocycles. The third kappa shape index (κ3) is 4.31. The van der Waals surface area contributed by atoms with E-state index < -0.39 is 0 Å². The van der Waals surface area contributed by atoms with Gasteiger partial charge in [0.25, 0.3) is 6.01 Å². The Morgan fingerprint density at radius 1 is 1.30 bits per heavy atom. The van der Waals surface area contributed by atoms with Gasteiger partial charge in [0, 0.05) is 36.1 Å². The molecule has 0 spiro atoms. The average molecular weight is 406 g/mol. The van der Waals surface area contributed by atoms with E-state index in [-0.39, 0.29) is 12.1 Å². The van der Waals surface area contributed by atoms with Crippen LogP contribution >= 0.6 is 0 Å². The molecule has 30 heavy (non-hydrogen) atoms. The minimum absolute atomic E-state index is 0.0815. The molecular weight excluding hydrogens is 380 g/mol. The van der Waals surface area contributed by atoms with E-state index in [1.165, 1.54) is 0 Å². The van der Waals surface area contributed by atoms with Gasteiger partial charge in [-0.3, -0.25) is 4.90 Å². The summed E-state index contributed by atoms with van der Waals surface area (Å²) in [5.41, 5.74) is 4.80. The Balaban J connectivity index is 1.52. The number of rotatable bonds is 7. The summed E-state index contributed by atoms with van der Waals surface area (Å²) in [5, 5.41) is 6.16. The van der Waals surface area contributed by atoms with Crippen molar-refractivity contribution in [2.45, 2.75) is 33.4 Å². The van der Waals surface area contributed by atoms with Gasteiger partial charge in [0.15, 0.2) is 5.76 Å². The molecule has 0 aliphatic carbocycles. The number of oxazole rings is 1. The van der Waals surface area contributed by atoms with Crippen LogP contribution in [-0.2, 0) is 11.3 Å². The number of aromatic nitrogens is 1. The number of nitrogens with one attached hydrogen (secondary N) is 2. The van der Waals surface area contributed by atoms with Crippen molar-refractivity contribution in [3.05, 3.63) is 59.8 Å². The van der Waals surface area contributed by atoms with Crippen molar-refractivity contribution in [3.8, 4) is 11.3 Å². The normalized spacial score (nSPS) is 16.0. The van der Waals surface area contributed by atoms with Crippen LogP contribution in [0.5, 0.6) is 0 Å². The molecule has 7 heteroatoms. The quantitative estimate of drug-likeness (QED) is 0.586. The molecule has 2 aromatic carbocycles. The van der Waals surface area contributed by atoms with Gasteiger partial charge in [0.05, 0.1) is 12.8 Å². The Labute approximate surface area is 176 Å². The van der Waals surface area contributed by atoms with Gasteiger partial charge in [0.2, 0.25) is 0 Å². The second-order valence-electron chi connectivity index (χ2n) is 7.45. The Hall–Kier alpha value is -3.32. The van der Waals surface area contributed by atoms with E-state index in [1.807, 2.05) is 57.2 Å². The lowest BCUT2D eigenvalue weighted by atomic mass is 10.1. The van der Waals surface area contributed by atoms with Crippen molar-refractivity contribution in [2.24, 2.45) is 0 Å². The first kappa shape index (κ1) is 20.0. The number of aryl methyl sites for hydroxylation is 1. The molecule has 4 rings (SSSR count). The molecule has 1 atom stereocenters. The highest BCUT2D eigenvalue weighted by Crippen LogP contribution is 2.29. The van der Waals surface area contributed by atoms with Crippen molar-refractivity contribution in [3.63, 3.8) is 0 Å². The predicted octanol–water partition coefficient (Wildman–Crippen LogP) is 4.85. The molecule has 1 fully saturated rings. The number of hydrogen-bond acceptors (Lipinski definition) is 5. The first-order chi connectivity index (χ1) is 14.5. The van der Waals surface area contributed by atoms with Crippen LogP contribution in [0.25, 0.3) is 11.3 Å². The van der Waals surface area contributed by atoms with E-state index in [0.717, 1.165) is 28.1 Å². The van der Waals surface area contributed by atoms with Gasteiger partial charge in [-0.05, 0) is 50.1 Å². The Kier molecular flexibility index (Phi) is 5.72. The van der Waals surface area contributed by atoms with E-state index in [9.17, 15) is 4.79 Å². The van der Waals surface area contributed by atoms with Gasteiger partial charge < -0.3 is 19.8 Å². The maximum Gasteiger partial charge on any atom is 0.322 e. The van der Waals surface area contributed by atoms with Crippen LogP contribution in [0.2, 0.25) is 0 Å². The molecule has 1 aromatic heterocycles. The summed E-state index contributed by atoms with van der Waals surface area (Å²) in [4.78, 5) is 18.2. The van der Waals surface area contributed by atoms with Crippen LogP contribution in [0.4, 0.5) is 22.2 Å². The number of ether oxygens (including phenoxy) is 1. The number of amides is 2. The summed E-state index contributed by atoms with van der Waals surface area (Å²) in [6.45, 7) is 7.88. The minimum atomic E-state index is -0.0815. The lowest BCUT2D eigenvalue weighted by Crippen LogP contribution is -2.27. The first-order valence-electron chi connectivity index (χ1n) is 10.1. The van der Waals surface area contributed by atoms with Crippen molar-refractivity contribution in [1.29, 1.82) is 0 Å². The summed E-state index contributed by atoms with van der Waals surface area (Å²) >= 11 is 0. The van der Waals surface area contributed by atoms with Gasteiger partial charge in [-0.2, -0.15) is 0 Å². The molecule has 3 aromatic rings. The summed E-state index contributed by atoms with van der Waals surface area (Å²) in [6.07, 6.45) is 1.69. The first-order valence-corrected chi connectivity index (χ1v) is 10.1. The minimum Gasteiger partial charge on any atom is -0.423 e. The van der Waals surface area contributed by atoms with Gasteiger partial charge in [0.1, 0.15) is 0 Å². The predicted molar refractivity (Wildman–Crippen MR) is 117 cm³/mol. The van der Waals surface area contributed by atoms with Gasteiger partial charge in [-0.1, -0.05) is 24.3 Å². The van der Waals surface area contributed by atoms with Crippen LogP contribution < -0.4 is 15.5 Å². The van der Waals surface area contributed by atoms with E-state index in [1.54, 1.807) is 11.1 Å². The van der Waals surface area contributed by atoms with Crippen LogP contribution in [0.3, 0.4) is 0 Å². The Morgan fingerprint density at radius 2 is 2.17 bits per heavy atom. The third-order valence-corrected chi connectivity index (χ3v) is 5.04. The van der Waals surface area contributed by atoms with E-state index in [4.69, 9.17) is 9.15 Å². The molecule has 2 amide bonds. The number of hydrogen-bond donors (Lipinski definition) is 2. The molecule has 2 heterocycles. The zero-order valence-corrected chi connectivity index (χ0v) is 17.4. The number of benzene rings is 2. The monoisotopic (exact) mass is 406 g/mol. The second kappa shape index (κ2) is 8.59. The largest absolute Gasteiger partial charge is 0.423 e. The van der Waals surface area contributed by atoms with Crippen molar-refractivity contribution in [1.82, 2.24) is 10.3 Å². The maximum absolute atomic E-state index is 12.1. The standard InChI is InChI=1S/C23H26N4O3/c1-4-29-14-17-9-8-15(2)20(10-17)26-22-24-12-21(30-22)18-6-5-7-19(11-18)27-13-16(3)25-23(27)28/h5-12,16H,4,13-14H2,1-3H3,(H,24,26)(H,25,28). The lowest BCUT2D eigenvalue weighted by Gasteiger charge is -2.15. The SMILES string of the molecule is CCOCc1ccc(C)c(Nc2ncc(-c3cccc(N4CC(C)NC4=O)c3)o2)c1. The smallest absolute Gasteiger partial charge is 0.322 e. The van der Waals surface area contributed by atoms with Gasteiger partial charge >= 0.3 is 6.03 Å². The molecule has 0 radical (unpaired) electrons. The van der Waals surface area contributed by atoms with E-state index in [0.29, 0.717) is 31.5 Å². The Bertz CT molecular complexity index is 1050. The summed E-state index contributed by atoms with van der Waals surface area (Å²) in [5.74, 6) is 0.634. The van der Waals surface area contributed by atoms with Crippen molar-refractivity contribution in [2.75, 3.05) is 23.4 Å². The highest BCUT2D eigenvalue weighted by atomic mass is 16.5. The van der Waals surface area contributed by atoms with Gasteiger partial charge in [-0.15, -0.1) is 0 Å². The van der Waals surface area contributed by atoms with Crippen LogP contribution in [0, 0.1) is 6.92 Å². The van der Waals surface area contributed by atoms with Crippen LogP contribution in [-0.4, -0.2) is 30.2 Å². The molecule has 1 aliphatic rings. The molecule has 1 aliphatic heterocycles. The number of nitrogens with zero attached hydrogens (tertiary/aromatic N) is 2. The number of anilines is 3. The van der Waals surface area contributed by atoms with Crippen LogP contribution in [0.1, 0.15) is 25.0 Å². The summed E-state index contributed by atoms with van der Waals surface area (Å²) < 4.78 is 11.4. The molecular formula is C23H26N4O3. The highest BCUT2D eigenvalue weighted by molar-refractivity contribution is 5.95. The van der Waals surface area contributed by atoms with E-state index in [2.05, 4.69) is 21.7 Å². The van der Waals surface area contributed by atoms with Crippen molar-refractivity contribution < 1.29 is 13.9 Å². The highest BCUT2D eigenvalue weighted by Gasteiger charge is 2.27. The third-order valence-electron chi connectivity index (χ3n) is 5.04. The molecule has 156 valence electrons. The van der Waals surface area contributed by atoms with Crippen molar-refractivity contribution >= 4 is 23.4 Å². The fraction of sp³-hybridized carbons (Fsp3) is 0.304. The van der Waals surface area contributed by atoms with Crippen LogP contribution in [0.15, 0.2) is 53.1 Å². The molecule has 0 bridgehead atoms. The number of carbonyl (C=O) groups excluding carboxylic acids is 1. The number of urea groups is 1. The summed E-state index contributed by atoms with van der Waals surface area (Å²) in [7, 11) is 0. The molecule has 1 unspecified atom stereocenters. The van der Waals surface area contributed by atoms with Gasteiger partial charge in [-0.25, -0.2) is 9.78 Å². The fourth-order valence-corrected chi connectivity index (χ4v) is 3.43. The zero-order valence-electron chi connectivity index (χ0n) is 17.4. The fourth-order valence-electron chi connectivity index (χ4n) is 3.43. The topological polar surface area (TPSA) is 79.6 Å². The molecule has 2 N–H and O–H groups in total. The average Bonchev–Trinajstić information content (AvgIpc) is 3.34. The zero-order chi connectivity index (χ0) is 21.1.